The molecule has 1 aromatic rings. The van der Waals surface area contributed by atoms with Crippen LogP contribution in [0.1, 0.15) is 30.1 Å². The number of thiophene rings is 1. The molecule has 0 aromatic carbocycles. The van der Waals surface area contributed by atoms with Crippen molar-refractivity contribution < 1.29 is 13.2 Å². The maximum absolute atomic E-state index is 12.2. The number of nitrogens with one attached hydrogen (secondary N) is 1. The first-order valence-electron chi connectivity index (χ1n) is 8.03. The molecule has 0 spiro atoms. The Hall–Kier alpha value is -0.960. The molecule has 1 aliphatic heterocycles. The summed E-state index contributed by atoms with van der Waals surface area (Å²) in [6.07, 6.45) is 1.57. The van der Waals surface area contributed by atoms with Crippen LogP contribution in [0.3, 0.4) is 0 Å². The highest BCUT2D eigenvalue weighted by Crippen LogP contribution is 2.11. The molecule has 6 nitrogen and oxygen atoms in total. The van der Waals surface area contributed by atoms with Crippen molar-refractivity contribution in [2.75, 3.05) is 45.0 Å². The van der Waals surface area contributed by atoms with Crippen LogP contribution in [0.15, 0.2) is 16.8 Å². The third-order valence-corrected chi connectivity index (χ3v) is 6.10. The SMILES string of the molecule is CCCCS(=O)(=O)NCCN1CCN(C(=O)c2ccsc2)CC1. The van der Waals surface area contributed by atoms with Crippen molar-refractivity contribution in [1.82, 2.24) is 14.5 Å². The van der Waals surface area contributed by atoms with Crippen molar-refractivity contribution >= 4 is 27.3 Å². The van der Waals surface area contributed by atoms with Crippen LogP contribution >= 0.6 is 11.3 Å². The molecule has 130 valence electrons. The Bertz CT molecular complexity index is 579. The summed E-state index contributed by atoms with van der Waals surface area (Å²) in [5, 5.41) is 3.79. The van der Waals surface area contributed by atoms with Crippen LogP contribution in [0.5, 0.6) is 0 Å². The summed E-state index contributed by atoms with van der Waals surface area (Å²) in [6, 6.07) is 1.85. The van der Waals surface area contributed by atoms with Gasteiger partial charge in [0.05, 0.1) is 11.3 Å². The topological polar surface area (TPSA) is 69.7 Å². The fraction of sp³-hybridized carbons (Fsp3) is 0.667. The van der Waals surface area contributed by atoms with E-state index >= 15 is 0 Å². The molecule has 0 aliphatic carbocycles. The Morgan fingerprint density at radius 2 is 2.04 bits per heavy atom. The lowest BCUT2D eigenvalue weighted by molar-refractivity contribution is 0.0640. The van der Waals surface area contributed by atoms with E-state index in [1.54, 1.807) is 0 Å². The molecule has 2 heterocycles. The van der Waals surface area contributed by atoms with Crippen LogP contribution in [0.25, 0.3) is 0 Å². The van der Waals surface area contributed by atoms with Gasteiger partial charge in [0, 0.05) is 44.6 Å². The fourth-order valence-electron chi connectivity index (χ4n) is 2.51. The highest BCUT2D eigenvalue weighted by Gasteiger charge is 2.22. The molecule has 23 heavy (non-hydrogen) atoms. The van der Waals surface area contributed by atoms with Gasteiger partial charge >= 0.3 is 0 Å². The lowest BCUT2D eigenvalue weighted by Gasteiger charge is -2.34. The number of rotatable bonds is 8. The molecule has 2 rings (SSSR count). The second-order valence-electron chi connectivity index (χ2n) is 5.71. The number of carbonyl (C=O) groups excluding carboxylic acids is 1. The zero-order chi connectivity index (χ0) is 16.7. The molecule has 0 bridgehead atoms. The fourth-order valence-corrected chi connectivity index (χ4v) is 4.35. The van der Waals surface area contributed by atoms with Crippen molar-refractivity contribution in [3.63, 3.8) is 0 Å². The smallest absolute Gasteiger partial charge is 0.254 e. The Morgan fingerprint density at radius 3 is 2.65 bits per heavy atom. The maximum Gasteiger partial charge on any atom is 0.254 e. The molecule has 1 fully saturated rings. The minimum absolute atomic E-state index is 0.0890. The van der Waals surface area contributed by atoms with E-state index in [1.807, 2.05) is 28.7 Å². The van der Waals surface area contributed by atoms with Gasteiger partial charge in [-0.2, -0.15) is 11.3 Å². The Balaban J connectivity index is 1.68. The molecule has 0 saturated carbocycles. The van der Waals surface area contributed by atoms with Crippen molar-refractivity contribution in [2.45, 2.75) is 19.8 Å². The van der Waals surface area contributed by atoms with Crippen molar-refractivity contribution in [3.05, 3.63) is 22.4 Å². The van der Waals surface area contributed by atoms with Crippen molar-refractivity contribution in [1.29, 1.82) is 0 Å². The van der Waals surface area contributed by atoms with E-state index in [1.165, 1.54) is 11.3 Å². The van der Waals surface area contributed by atoms with Crippen LogP contribution in [-0.4, -0.2) is 69.1 Å². The molecule has 1 aromatic heterocycles. The van der Waals surface area contributed by atoms with Gasteiger partial charge in [-0.3, -0.25) is 9.69 Å². The molecule has 1 saturated heterocycles. The zero-order valence-electron chi connectivity index (χ0n) is 13.5. The molecule has 1 aliphatic rings. The Morgan fingerprint density at radius 1 is 1.30 bits per heavy atom. The average Bonchev–Trinajstić information content (AvgIpc) is 3.07. The van der Waals surface area contributed by atoms with Gasteiger partial charge in [0.25, 0.3) is 5.91 Å². The van der Waals surface area contributed by atoms with Gasteiger partial charge in [-0.1, -0.05) is 13.3 Å². The van der Waals surface area contributed by atoms with E-state index in [0.29, 0.717) is 32.6 Å². The van der Waals surface area contributed by atoms with Gasteiger partial charge < -0.3 is 4.90 Å². The van der Waals surface area contributed by atoms with Crippen LogP contribution < -0.4 is 4.72 Å². The largest absolute Gasteiger partial charge is 0.336 e. The first kappa shape index (κ1) is 18.4. The van der Waals surface area contributed by atoms with Gasteiger partial charge in [0.2, 0.25) is 10.0 Å². The highest BCUT2D eigenvalue weighted by molar-refractivity contribution is 7.89. The monoisotopic (exact) mass is 359 g/mol. The summed E-state index contributed by atoms with van der Waals surface area (Å²) in [4.78, 5) is 16.3. The Labute approximate surface area is 142 Å². The molecule has 0 unspecified atom stereocenters. The van der Waals surface area contributed by atoms with E-state index in [2.05, 4.69) is 9.62 Å². The summed E-state index contributed by atoms with van der Waals surface area (Å²) in [5.74, 6) is 0.290. The average molecular weight is 360 g/mol. The van der Waals surface area contributed by atoms with Gasteiger partial charge in [-0.25, -0.2) is 13.1 Å². The van der Waals surface area contributed by atoms with E-state index in [4.69, 9.17) is 0 Å². The summed E-state index contributed by atoms with van der Waals surface area (Å²) >= 11 is 1.53. The lowest BCUT2D eigenvalue weighted by Crippen LogP contribution is -2.50. The summed E-state index contributed by atoms with van der Waals surface area (Å²) < 4.78 is 26.1. The van der Waals surface area contributed by atoms with E-state index in [0.717, 1.165) is 25.1 Å². The molecule has 1 amide bonds. The number of piperazine rings is 1. The minimum Gasteiger partial charge on any atom is -0.336 e. The predicted molar refractivity (Wildman–Crippen MR) is 93.4 cm³/mol. The molecule has 0 radical (unpaired) electrons. The van der Waals surface area contributed by atoms with E-state index in [-0.39, 0.29) is 11.7 Å². The standard InChI is InChI=1S/C15H25N3O3S2/c1-2-3-12-23(20,21)16-5-6-17-7-9-18(10-8-17)15(19)14-4-11-22-13-14/h4,11,13,16H,2-3,5-10,12H2,1H3. The molecule has 1 N–H and O–H groups in total. The zero-order valence-corrected chi connectivity index (χ0v) is 15.2. The second kappa shape index (κ2) is 8.77. The number of carbonyl (C=O) groups is 1. The second-order valence-corrected chi connectivity index (χ2v) is 8.42. The number of hydrogen-bond donors (Lipinski definition) is 1. The quantitative estimate of drug-likeness (QED) is 0.758. The van der Waals surface area contributed by atoms with Gasteiger partial charge in [0.1, 0.15) is 0 Å². The summed E-state index contributed by atoms with van der Waals surface area (Å²) in [7, 11) is -3.14. The third-order valence-electron chi connectivity index (χ3n) is 3.94. The van der Waals surface area contributed by atoms with Crippen LogP contribution in [-0.2, 0) is 10.0 Å². The van der Waals surface area contributed by atoms with Gasteiger partial charge in [-0.05, 0) is 17.9 Å². The van der Waals surface area contributed by atoms with E-state index < -0.39 is 10.0 Å². The number of hydrogen-bond acceptors (Lipinski definition) is 5. The molecule has 8 heteroatoms. The summed E-state index contributed by atoms with van der Waals surface area (Å²) in [6.45, 7) is 6.05. The van der Waals surface area contributed by atoms with Crippen molar-refractivity contribution in [3.8, 4) is 0 Å². The Kier molecular flexibility index (Phi) is 7.01. The number of sulfonamides is 1. The van der Waals surface area contributed by atoms with Crippen LogP contribution in [0, 0.1) is 0 Å². The predicted octanol–water partition coefficient (Wildman–Crippen LogP) is 1.23. The van der Waals surface area contributed by atoms with Crippen LogP contribution in [0.2, 0.25) is 0 Å². The number of unbranched alkanes of at least 4 members (excludes halogenated alkanes) is 1. The first-order valence-corrected chi connectivity index (χ1v) is 10.6. The molecular formula is C15H25N3O3S2. The van der Waals surface area contributed by atoms with Crippen molar-refractivity contribution in [2.24, 2.45) is 0 Å². The van der Waals surface area contributed by atoms with Gasteiger partial charge in [0.15, 0.2) is 0 Å². The maximum atomic E-state index is 12.2. The summed E-state index contributed by atoms with van der Waals surface area (Å²) in [5.41, 5.74) is 0.757. The first-order chi connectivity index (χ1) is 11.0. The number of nitrogens with zero attached hydrogens (tertiary/aromatic N) is 2. The molecule has 0 atom stereocenters. The van der Waals surface area contributed by atoms with Gasteiger partial charge in [-0.15, -0.1) is 0 Å². The minimum atomic E-state index is -3.14. The number of amides is 1. The third kappa shape index (κ3) is 5.87. The van der Waals surface area contributed by atoms with Crippen LogP contribution in [0.4, 0.5) is 0 Å². The molecular weight excluding hydrogens is 334 g/mol. The highest BCUT2D eigenvalue weighted by atomic mass is 32.2. The lowest BCUT2D eigenvalue weighted by atomic mass is 10.2. The normalized spacial score (nSPS) is 16.7. The van der Waals surface area contributed by atoms with E-state index in [9.17, 15) is 13.2 Å².